The molecule has 0 saturated carbocycles. The van der Waals surface area contributed by atoms with E-state index in [1.165, 1.54) is 0 Å². The third-order valence-corrected chi connectivity index (χ3v) is 12.1. The molecule has 0 unspecified atom stereocenters. The molecule has 37 heavy (non-hydrogen) atoms. The van der Waals surface area contributed by atoms with Crippen LogP contribution in [0.1, 0.15) is 45.7 Å². The summed E-state index contributed by atoms with van der Waals surface area (Å²) in [5, 5.41) is 11.7. The molecule has 4 nitrogen and oxygen atoms in total. The maximum atomic E-state index is 15.6. The van der Waals surface area contributed by atoms with Gasteiger partial charge in [0.05, 0.1) is 31.1 Å². The van der Waals surface area contributed by atoms with Crippen molar-refractivity contribution in [1.82, 2.24) is 0 Å². The van der Waals surface area contributed by atoms with Crippen LogP contribution in [-0.2, 0) is 22.4 Å². The maximum absolute atomic E-state index is 15.6. The Bertz CT molecular complexity index is 1150. The first-order valence-corrected chi connectivity index (χ1v) is 14.7. The van der Waals surface area contributed by atoms with Gasteiger partial charge in [-0.15, -0.1) is 0 Å². The second kappa shape index (κ2) is 11.0. The monoisotopic (exact) mass is 525 g/mol. The molecule has 1 N–H and O–H groups in total. The first-order valence-electron chi connectivity index (χ1n) is 12.8. The van der Waals surface area contributed by atoms with E-state index in [1.807, 2.05) is 55.1 Å². The molecule has 1 heterocycles. The molecule has 4 rings (SSSR count). The van der Waals surface area contributed by atoms with Crippen LogP contribution in [0.3, 0.4) is 0 Å². The number of rotatable bonds is 7. The van der Waals surface area contributed by atoms with Crippen molar-refractivity contribution in [3.63, 3.8) is 0 Å². The average Bonchev–Trinajstić information content (AvgIpc) is 2.86. The molecule has 198 valence electrons. The lowest BCUT2D eigenvalue weighted by molar-refractivity contribution is -0.00553. The zero-order valence-electron chi connectivity index (χ0n) is 22.3. The Labute approximate surface area is 220 Å². The number of morpholine rings is 1. The summed E-state index contributed by atoms with van der Waals surface area (Å²) in [4.78, 5) is 1.85. The molecule has 3 aromatic carbocycles. The highest BCUT2D eigenvalue weighted by molar-refractivity contribution is 6.99. The van der Waals surface area contributed by atoms with Crippen molar-refractivity contribution in [3.05, 3.63) is 89.5 Å². The number of ether oxygens (including phenoxy) is 1. The molecule has 0 amide bonds. The number of aliphatic hydroxyl groups excluding tert-OH is 1. The van der Waals surface area contributed by atoms with E-state index in [0.717, 1.165) is 10.4 Å². The van der Waals surface area contributed by atoms with Gasteiger partial charge in [0, 0.05) is 24.2 Å². The molecule has 0 radical (unpaired) electrons. The van der Waals surface area contributed by atoms with Gasteiger partial charge in [-0.2, -0.15) is 0 Å². The van der Waals surface area contributed by atoms with E-state index in [2.05, 4.69) is 45.0 Å². The Morgan fingerprint density at radius 2 is 1.41 bits per heavy atom. The molecule has 0 spiro atoms. The van der Waals surface area contributed by atoms with Crippen molar-refractivity contribution in [2.24, 2.45) is 0 Å². The van der Waals surface area contributed by atoms with Crippen molar-refractivity contribution in [2.45, 2.75) is 65.1 Å². The SMILES string of the molecule is C[C@@H]1CN(c2c(CO[Si](c3ccccc3)(c3ccccc3)C(C)(C)C)cc(CO)c(F)c2F)C[C@H](C)O1. The predicted molar refractivity (Wildman–Crippen MR) is 147 cm³/mol. The fourth-order valence-electron chi connectivity index (χ4n) is 5.60. The van der Waals surface area contributed by atoms with Crippen LogP contribution in [0.4, 0.5) is 14.5 Å². The van der Waals surface area contributed by atoms with Crippen molar-refractivity contribution in [3.8, 4) is 0 Å². The number of halogens is 2. The number of nitrogens with zero attached hydrogens (tertiary/aromatic N) is 1. The quantitative estimate of drug-likeness (QED) is 0.434. The summed E-state index contributed by atoms with van der Waals surface area (Å²) in [7, 11) is -2.91. The van der Waals surface area contributed by atoms with Gasteiger partial charge in [-0.3, -0.25) is 0 Å². The van der Waals surface area contributed by atoms with Crippen LogP contribution in [-0.4, -0.2) is 38.7 Å². The molecule has 7 heteroatoms. The van der Waals surface area contributed by atoms with Crippen molar-refractivity contribution >= 4 is 24.4 Å². The zero-order valence-corrected chi connectivity index (χ0v) is 23.3. The average molecular weight is 526 g/mol. The second-order valence-electron chi connectivity index (χ2n) is 10.9. The Kier molecular flexibility index (Phi) is 8.19. The van der Waals surface area contributed by atoms with Crippen LogP contribution in [0.2, 0.25) is 5.04 Å². The van der Waals surface area contributed by atoms with E-state index >= 15 is 4.39 Å². The van der Waals surface area contributed by atoms with Gasteiger partial charge < -0.3 is 19.2 Å². The highest BCUT2D eigenvalue weighted by Gasteiger charge is 2.50. The summed E-state index contributed by atoms with van der Waals surface area (Å²) >= 11 is 0. The van der Waals surface area contributed by atoms with Gasteiger partial charge in [-0.1, -0.05) is 81.4 Å². The summed E-state index contributed by atoms with van der Waals surface area (Å²) in [6.07, 6.45) is -0.261. The molecule has 1 saturated heterocycles. The smallest absolute Gasteiger partial charge is 0.261 e. The summed E-state index contributed by atoms with van der Waals surface area (Å²) in [6, 6.07) is 22.0. The van der Waals surface area contributed by atoms with E-state index in [0.29, 0.717) is 18.7 Å². The molecular weight excluding hydrogens is 488 g/mol. The summed E-state index contributed by atoms with van der Waals surface area (Å²) < 4.78 is 43.5. The van der Waals surface area contributed by atoms with Gasteiger partial charge >= 0.3 is 0 Å². The number of benzene rings is 3. The van der Waals surface area contributed by atoms with Crippen LogP contribution < -0.4 is 15.3 Å². The molecule has 0 aliphatic carbocycles. The van der Waals surface area contributed by atoms with Crippen molar-refractivity contribution < 1.29 is 23.1 Å². The largest absolute Gasteiger partial charge is 0.403 e. The number of aliphatic hydroxyl groups is 1. The topological polar surface area (TPSA) is 41.9 Å². The Balaban J connectivity index is 1.86. The first-order chi connectivity index (χ1) is 17.6. The molecule has 1 aliphatic heterocycles. The summed E-state index contributed by atoms with van der Waals surface area (Å²) in [6.45, 7) is 10.7. The van der Waals surface area contributed by atoms with Crippen LogP contribution in [0.15, 0.2) is 66.7 Å². The second-order valence-corrected chi connectivity index (χ2v) is 15.2. The van der Waals surface area contributed by atoms with Crippen LogP contribution in [0.5, 0.6) is 0 Å². The lowest BCUT2D eigenvalue weighted by atomic mass is 10.0. The highest BCUT2D eigenvalue weighted by Crippen LogP contribution is 2.39. The third-order valence-electron chi connectivity index (χ3n) is 7.10. The standard InChI is InChI=1S/C30H37F2NO3Si/c1-21-17-33(18-22(2)36-21)29-24(16-23(19-34)27(31)28(29)32)20-35-37(30(3,4)5,25-12-8-6-9-13-25)26-14-10-7-11-15-26/h6-16,21-22,34H,17-20H2,1-5H3/t21-,22+. The van der Waals surface area contributed by atoms with Crippen molar-refractivity contribution in [1.29, 1.82) is 0 Å². The van der Waals surface area contributed by atoms with E-state index in [-0.39, 0.29) is 35.1 Å². The normalized spacial score (nSPS) is 18.8. The molecular formula is C30H37F2NO3Si. The Hall–Kier alpha value is -2.58. The Morgan fingerprint density at radius 3 is 1.86 bits per heavy atom. The van der Waals surface area contributed by atoms with Gasteiger partial charge in [0.15, 0.2) is 11.6 Å². The molecule has 3 aromatic rings. The fraction of sp³-hybridized carbons (Fsp3) is 0.400. The van der Waals surface area contributed by atoms with Gasteiger partial charge in [0.2, 0.25) is 0 Å². The first kappa shape index (κ1) is 27.5. The zero-order chi connectivity index (χ0) is 26.8. The minimum Gasteiger partial charge on any atom is -0.403 e. The maximum Gasteiger partial charge on any atom is 0.261 e. The van der Waals surface area contributed by atoms with Gasteiger partial charge in [0.1, 0.15) is 0 Å². The number of anilines is 1. The summed E-state index contributed by atoms with van der Waals surface area (Å²) in [5.41, 5.74) is 0.642. The summed E-state index contributed by atoms with van der Waals surface area (Å²) in [5.74, 6) is -1.97. The molecule has 1 fully saturated rings. The van der Waals surface area contributed by atoms with Gasteiger partial charge in [0.25, 0.3) is 8.32 Å². The van der Waals surface area contributed by atoms with Crippen molar-refractivity contribution in [2.75, 3.05) is 18.0 Å². The molecule has 0 aromatic heterocycles. The number of hydrogen-bond donors (Lipinski definition) is 1. The Morgan fingerprint density at radius 1 is 0.892 bits per heavy atom. The molecule has 0 bridgehead atoms. The van der Waals surface area contributed by atoms with Gasteiger partial charge in [-0.05, 0) is 35.3 Å². The van der Waals surface area contributed by atoms with Crippen LogP contribution >= 0.6 is 0 Å². The highest BCUT2D eigenvalue weighted by atomic mass is 28.4. The number of hydrogen-bond acceptors (Lipinski definition) is 4. The predicted octanol–water partition coefficient (Wildman–Crippen LogP) is 5.15. The van der Waals surface area contributed by atoms with Crippen LogP contribution in [0.25, 0.3) is 0 Å². The fourth-order valence-corrected chi connectivity index (χ4v) is 10.1. The van der Waals surface area contributed by atoms with E-state index < -0.39 is 26.6 Å². The van der Waals surface area contributed by atoms with E-state index in [4.69, 9.17) is 9.16 Å². The molecule has 2 atom stereocenters. The van der Waals surface area contributed by atoms with E-state index in [1.54, 1.807) is 6.07 Å². The third kappa shape index (κ3) is 5.36. The van der Waals surface area contributed by atoms with Gasteiger partial charge in [-0.25, -0.2) is 8.78 Å². The lowest BCUT2D eigenvalue weighted by Gasteiger charge is -2.43. The lowest BCUT2D eigenvalue weighted by Crippen LogP contribution is -2.66. The van der Waals surface area contributed by atoms with Crippen LogP contribution in [0, 0.1) is 11.6 Å². The minimum absolute atomic E-state index is 0.0725. The molecule has 1 aliphatic rings. The van der Waals surface area contributed by atoms with E-state index in [9.17, 15) is 9.50 Å². The minimum atomic E-state index is -2.91.